The van der Waals surface area contributed by atoms with Gasteiger partial charge >= 0.3 is 5.97 Å². The van der Waals surface area contributed by atoms with Gasteiger partial charge in [-0.1, -0.05) is 6.07 Å². The van der Waals surface area contributed by atoms with Crippen LogP contribution in [0.3, 0.4) is 0 Å². The molecule has 2 N–H and O–H groups in total. The summed E-state index contributed by atoms with van der Waals surface area (Å²) < 4.78 is 10.3. The molecule has 0 amide bonds. The summed E-state index contributed by atoms with van der Waals surface area (Å²) >= 11 is 0. The maximum atomic E-state index is 11.7. The van der Waals surface area contributed by atoms with Crippen molar-refractivity contribution in [3.8, 4) is 0 Å². The van der Waals surface area contributed by atoms with E-state index in [1.54, 1.807) is 18.2 Å². The maximum absolute atomic E-state index is 11.7. The van der Waals surface area contributed by atoms with E-state index in [0.717, 1.165) is 5.56 Å². The highest BCUT2D eigenvalue weighted by Crippen LogP contribution is 2.16. The number of hydrogen-bond acceptors (Lipinski definition) is 4. The second kappa shape index (κ2) is 6.91. The Morgan fingerprint density at radius 3 is 2.82 bits per heavy atom. The Labute approximate surface area is 102 Å². The summed E-state index contributed by atoms with van der Waals surface area (Å²) in [4.78, 5) is 11.7. The van der Waals surface area contributed by atoms with Gasteiger partial charge in [0.1, 0.15) is 0 Å². The number of nitrogens with two attached hydrogens (primary N) is 1. The summed E-state index contributed by atoms with van der Waals surface area (Å²) in [6.07, 6.45) is 0.709. The van der Waals surface area contributed by atoms with Crippen LogP contribution in [0.15, 0.2) is 18.2 Å². The Balaban J connectivity index is 2.44. The molecular formula is C13H19NO3. The number of ether oxygens (including phenoxy) is 2. The normalized spacial score (nSPS) is 10.2. The summed E-state index contributed by atoms with van der Waals surface area (Å²) in [5.74, 6) is -0.328. The van der Waals surface area contributed by atoms with Crippen molar-refractivity contribution in [3.63, 3.8) is 0 Å². The van der Waals surface area contributed by atoms with E-state index in [0.29, 0.717) is 37.5 Å². The second-order valence-corrected chi connectivity index (χ2v) is 3.71. The molecule has 0 saturated heterocycles. The Morgan fingerprint density at radius 2 is 2.12 bits per heavy atom. The number of nitrogen functional groups attached to an aromatic ring is 1. The quantitative estimate of drug-likeness (QED) is 0.468. The lowest BCUT2D eigenvalue weighted by molar-refractivity contribution is 0.0451. The summed E-state index contributed by atoms with van der Waals surface area (Å²) in [5.41, 5.74) is 7.63. The van der Waals surface area contributed by atoms with Crippen molar-refractivity contribution in [2.45, 2.75) is 20.3 Å². The molecule has 0 atom stereocenters. The van der Waals surface area contributed by atoms with E-state index >= 15 is 0 Å². The lowest BCUT2D eigenvalue weighted by Gasteiger charge is -2.08. The fourth-order valence-corrected chi connectivity index (χ4v) is 1.42. The highest BCUT2D eigenvalue weighted by atomic mass is 16.5. The Morgan fingerprint density at radius 1 is 1.35 bits per heavy atom. The number of rotatable bonds is 6. The van der Waals surface area contributed by atoms with Crippen LogP contribution >= 0.6 is 0 Å². The molecule has 0 radical (unpaired) electrons. The number of benzene rings is 1. The van der Waals surface area contributed by atoms with E-state index in [1.807, 2.05) is 13.8 Å². The molecule has 0 aliphatic rings. The van der Waals surface area contributed by atoms with Crippen LogP contribution in [0.25, 0.3) is 0 Å². The van der Waals surface area contributed by atoms with Gasteiger partial charge in [-0.05, 0) is 31.5 Å². The fraction of sp³-hybridized carbons (Fsp3) is 0.462. The highest BCUT2D eigenvalue weighted by Gasteiger charge is 2.11. The van der Waals surface area contributed by atoms with E-state index in [1.165, 1.54) is 0 Å². The number of carbonyl (C=O) groups is 1. The third-order valence-corrected chi connectivity index (χ3v) is 2.47. The Hall–Kier alpha value is -1.55. The lowest BCUT2D eigenvalue weighted by Crippen LogP contribution is -2.10. The monoisotopic (exact) mass is 237 g/mol. The van der Waals surface area contributed by atoms with Crippen molar-refractivity contribution in [1.29, 1.82) is 0 Å². The van der Waals surface area contributed by atoms with Gasteiger partial charge in [0.25, 0.3) is 0 Å². The molecule has 0 aromatic heterocycles. The van der Waals surface area contributed by atoms with Gasteiger partial charge in [-0.3, -0.25) is 0 Å². The standard InChI is InChI=1S/C13H19NO3/c1-3-16-8-5-9-17-13(15)11-6-4-7-12(14)10(11)2/h4,6-7H,3,5,8-9,14H2,1-2H3. The van der Waals surface area contributed by atoms with E-state index in [2.05, 4.69) is 0 Å². The van der Waals surface area contributed by atoms with Crippen LogP contribution in [0.5, 0.6) is 0 Å². The van der Waals surface area contributed by atoms with Gasteiger partial charge < -0.3 is 15.2 Å². The first-order chi connectivity index (χ1) is 8.16. The van der Waals surface area contributed by atoms with Crippen molar-refractivity contribution in [3.05, 3.63) is 29.3 Å². The van der Waals surface area contributed by atoms with Crippen molar-refractivity contribution < 1.29 is 14.3 Å². The molecule has 17 heavy (non-hydrogen) atoms. The zero-order valence-corrected chi connectivity index (χ0v) is 10.4. The van der Waals surface area contributed by atoms with Gasteiger partial charge in [0.2, 0.25) is 0 Å². The minimum atomic E-state index is -0.328. The zero-order chi connectivity index (χ0) is 12.7. The van der Waals surface area contributed by atoms with E-state index in [4.69, 9.17) is 15.2 Å². The summed E-state index contributed by atoms with van der Waals surface area (Å²) in [6.45, 7) is 5.41. The average Bonchev–Trinajstić information content (AvgIpc) is 2.32. The SMILES string of the molecule is CCOCCCOC(=O)c1cccc(N)c1C. The van der Waals surface area contributed by atoms with Gasteiger partial charge in [-0.2, -0.15) is 0 Å². The fourth-order valence-electron chi connectivity index (χ4n) is 1.42. The molecule has 0 aliphatic heterocycles. The molecule has 0 unspecified atom stereocenters. The largest absolute Gasteiger partial charge is 0.462 e. The minimum absolute atomic E-state index is 0.328. The van der Waals surface area contributed by atoms with Crippen molar-refractivity contribution in [1.82, 2.24) is 0 Å². The molecule has 4 heteroatoms. The number of esters is 1. The zero-order valence-electron chi connectivity index (χ0n) is 10.4. The van der Waals surface area contributed by atoms with Gasteiger partial charge in [0.15, 0.2) is 0 Å². The van der Waals surface area contributed by atoms with Gasteiger partial charge in [0, 0.05) is 25.3 Å². The maximum Gasteiger partial charge on any atom is 0.338 e. The number of carbonyl (C=O) groups excluding carboxylic acids is 1. The predicted octanol–water partition coefficient (Wildman–Crippen LogP) is 2.16. The van der Waals surface area contributed by atoms with Crippen molar-refractivity contribution >= 4 is 11.7 Å². The van der Waals surface area contributed by atoms with Crippen LogP contribution < -0.4 is 5.73 Å². The summed E-state index contributed by atoms with van der Waals surface area (Å²) in [6, 6.07) is 5.23. The predicted molar refractivity (Wildman–Crippen MR) is 67.0 cm³/mol. The lowest BCUT2D eigenvalue weighted by atomic mass is 10.1. The first kappa shape index (κ1) is 13.5. The van der Waals surface area contributed by atoms with Crippen LogP contribution in [0.4, 0.5) is 5.69 Å². The third kappa shape index (κ3) is 4.07. The minimum Gasteiger partial charge on any atom is -0.462 e. The molecule has 1 aromatic carbocycles. The smallest absolute Gasteiger partial charge is 0.338 e. The molecule has 0 saturated carbocycles. The van der Waals surface area contributed by atoms with Crippen LogP contribution in [0.1, 0.15) is 29.3 Å². The van der Waals surface area contributed by atoms with E-state index < -0.39 is 0 Å². The molecule has 4 nitrogen and oxygen atoms in total. The first-order valence-electron chi connectivity index (χ1n) is 5.76. The molecule has 0 heterocycles. The molecule has 0 bridgehead atoms. The molecule has 0 aliphatic carbocycles. The van der Waals surface area contributed by atoms with Gasteiger partial charge in [-0.15, -0.1) is 0 Å². The molecule has 0 fully saturated rings. The molecule has 94 valence electrons. The van der Waals surface area contributed by atoms with E-state index in [9.17, 15) is 4.79 Å². The molecule has 0 spiro atoms. The average molecular weight is 237 g/mol. The molecular weight excluding hydrogens is 218 g/mol. The van der Waals surface area contributed by atoms with E-state index in [-0.39, 0.29) is 5.97 Å². The Bertz CT molecular complexity index is 377. The van der Waals surface area contributed by atoms with Gasteiger partial charge in [0.05, 0.1) is 12.2 Å². The highest BCUT2D eigenvalue weighted by molar-refractivity contribution is 5.92. The molecule has 1 aromatic rings. The number of hydrogen-bond donors (Lipinski definition) is 1. The van der Waals surface area contributed by atoms with Crippen LogP contribution in [0, 0.1) is 6.92 Å². The van der Waals surface area contributed by atoms with Crippen molar-refractivity contribution in [2.24, 2.45) is 0 Å². The van der Waals surface area contributed by atoms with Crippen LogP contribution in [-0.2, 0) is 9.47 Å². The summed E-state index contributed by atoms with van der Waals surface area (Å²) in [5, 5.41) is 0. The van der Waals surface area contributed by atoms with Crippen LogP contribution in [-0.4, -0.2) is 25.8 Å². The number of anilines is 1. The Kier molecular flexibility index (Phi) is 5.49. The second-order valence-electron chi connectivity index (χ2n) is 3.71. The summed E-state index contributed by atoms with van der Waals surface area (Å²) in [7, 11) is 0. The van der Waals surface area contributed by atoms with Crippen molar-refractivity contribution in [2.75, 3.05) is 25.6 Å². The molecule has 1 rings (SSSR count). The topological polar surface area (TPSA) is 61.5 Å². The van der Waals surface area contributed by atoms with Crippen LogP contribution in [0.2, 0.25) is 0 Å². The van der Waals surface area contributed by atoms with Gasteiger partial charge in [-0.25, -0.2) is 4.79 Å². The first-order valence-corrected chi connectivity index (χ1v) is 5.76. The third-order valence-electron chi connectivity index (χ3n) is 2.47.